The first kappa shape index (κ1) is 12.2. The van der Waals surface area contributed by atoms with Crippen LogP contribution in [0.2, 0.25) is 0 Å². The topological polar surface area (TPSA) is 20.2 Å². The van der Waals surface area contributed by atoms with E-state index in [0.717, 1.165) is 31.2 Å². The molecule has 17 heavy (non-hydrogen) atoms. The Morgan fingerprint density at radius 1 is 1.12 bits per heavy atom. The predicted octanol–water partition coefficient (Wildman–Crippen LogP) is 3.35. The monoisotopic (exact) mass is 228 g/mol. The SMILES string of the molecule is Cc1ccc(C#CC2(O)CCCCC2)c(C)c1. The highest BCUT2D eigenvalue weighted by molar-refractivity contribution is 5.43. The third-order valence-corrected chi connectivity index (χ3v) is 3.49. The molecule has 1 aliphatic carbocycles. The fraction of sp³-hybridized carbons (Fsp3) is 0.500. The first-order chi connectivity index (χ1) is 8.09. The first-order valence-corrected chi connectivity index (χ1v) is 6.42. The molecule has 0 amide bonds. The van der Waals surface area contributed by atoms with E-state index in [9.17, 15) is 5.11 Å². The van der Waals surface area contributed by atoms with E-state index >= 15 is 0 Å². The van der Waals surface area contributed by atoms with Crippen LogP contribution in [0.15, 0.2) is 18.2 Å². The van der Waals surface area contributed by atoms with Gasteiger partial charge in [0.1, 0.15) is 5.60 Å². The van der Waals surface area contributed by atoms with E-state index in [1.807, 2.05) is 6.07 Å². The molecule has 1 N–H and O–H groups in total. The van der Waals surface area contributed by atoms with Crippen LogP contribution in [0.25, 0.3) is 0 Å². The maximum absolute atomic E-state index is 10.3. The predicted molar refractivity (Wildman–Crippen MR) is 70.8 cm³/mol. The summed E-state index contributed by atoms with van der Waals surface area (Å²) in [5, 5.41) is 10.3. The molecule has 1 aliphatic rings. The van der Waals surface area contributed by atoms with Crippen molar-refractivity contribution < 1.29 is 5.11 Å². The number of aryl methyl sites for hydroxylation is 2. The van der Waals surface area contributed by atoms with Crippen molar-refractivity contribution >= 4 is 0 Å². The van der Waals surface area contributed by atoms with E-state index < -0.39 is 5.60 Å². The fourth-order valence-corrected chi connectivity index (χ4v) is 2.40. The van der Waals surface area contributed by atoms with Gasteiger partial charge in [-0.1, -0.05) is 36.0 Å². The van der Waals surface area contributed by atoms with Crippen LogP contribution in [0.3, 0.4) is 0 Å². The summed E-state index contributed by atoms with van der Waals surface area (Å²) >= 11 is 0. The molecule has 1 aromatic carbocycles. The average Bonchev–Trinajstić information content (AvgIpc) is 2.29. The lowest BCUT2D eigenvalue weighted by Crippen LogP contribution is -2.29. The Morgan fingerprint density at radius 3 is 2.47 bits per heavy atom. The fourth-order valence-electron chi connectivity index (χ4n) is 2.40. The normalized spacial score (nSPS) is 18.3. The second kappa shape index (κ2) is 4.94. The van der Waals surface area contributed by atoms with E-state index in [1.54, 1.807) is 0 Å². The summed E-state index contributed by atoms with van der Waals surface area (Å²) in [6.07, 6.45) is 5.07. The summed E-state index contributed by atoms with van der Waals surface area (Å²) in [4.78, 5) is 0. The average molecular weight is 228 g/mol. The standard InChI is InChI=1S/C16H20O/c1-13-6-7-15(14(2)12-13)8-11-16(17)9-4-3-5-10-16/h6-7,12,17H,3-5,9-10H2,1-2H3. The molecule has 0 aromatic heterocycles. The van der Waals surface area contributed by atoms with Gasteiger partial charge >= 0.3 is 0 Å². The smallest absolute Gasteiger partial charge is 0.125 e. The molecule has 1 aromatic rings. The second-order valence-electron chi connectivity index (χ2n) is 5.16. The number of hydrogen-bond donors (Lipinski definition) is 1. The zero-order valence-corrected chi connectivity index (χ0v) is 10.7. The highest BCUT2D eigenvalue weighted by Gasteiger charge is 2.26. The molecule has 1 heteroatoms. The molecular formula is C16H20O. The quantitative estimate of drug-likeness (QED) is 0.675. The Labute approximate surface area is 104 Å². The van der Waals surface area contributed by atoms with Crippen molar-refractivity contribution in [1.29, 1.82) is 0 Å². The van der Waals surface area contributed by atoms with E-state index in [2.05, 4.69) is 37.8 Å². The Balaban J connectivity index is 2.20. The van der Waals surface area contributed by atoms with Crippen LogP contribution >= 0.6 is 0 Å². The summed E-state index contributed by atoms with van der Waals surface area (Å²) in [6, 6.07) is 6.25. The number of rotatable bonds is 0. The highest BCUT2D eigenvalue weighted by Crippen LogP contribution is 2.27. The van der Waals surface area contributed by atoms with Crippen molar-refractivity contribution in [3.63, 3.8) is 0 Å². The molecule has 1 nitrogen and oxygen atoms in total. The minimum absolute atomic E-state index is 0.740. The van der Waals surface area contributed by atoms with Gasteiger partial charge in [0.05, 0.1) is 0 Å². The van der Waals surface area contributed by atoms with Crippen molar-refractivity contribution in [2.45, 2.75) is 51.6 Å². The van der Waals surface area contributed by atoms with Crippen LogP contribution in [-0.4, -0.2) is 10.7 Å². The Hall–Kier alpha value is -1.26. The Kier molecular flexibility index (Phi) is 3.54. The minimum Gasteiger partial charge on any atom is -0.378 e. The van der Waals surface area contributed by atoms with Gasteiger partial charge < -0.3 is 5.11 Å². The third-order valence-electron chi connectivity index (χ3n) is 3.49. The molecule has 1 saturated carbocycles. The minimum atomic E-state index is -0.740. The lowest BCUT2D eigenvalue weighted by atomic mass is 9.85. The van der Waals surface area contributed by atoms with E-state index in [1.165, 1.54) is 17.5 Å². The maximum Gasteiger partial charge on any atom is 0.125 e. The molecule has 0 atom stereocenters. The highest BCUT2D eigenvalue weighted by atomic mass is 16.3. The molecule has 2 rings (SSSR count). The van der Waals surface area contributed by atoms with Crippen LogP contribution in [0.4, 0.5) is 0 Å². The number of benzene rings is 1. The van der Waals surface area contributed by atoms with Gasteiger partial charge in [-0.25, -0.2) is 0 Å². The van der Waals surface area contributed by atoms with Crippen molar-refractivity contribution in [2.75, 3.05) is 0 Å². The van der Waals surface area contributed by atoms with Gasteiger partial charge in [0.15, 0.2) is 0 Å². The molecule has 0 saturated heterocycles. The molecule has 0 spiro atoms. The van der Waals surface area contributed by atoms with Crippen LogP contribution in [0.1, 0.15) is 48.8 Å². The summed E-state index contributed by atoms with van der Waals surface area (Å²) in [7, 11) is 0. The zero-order chi connectivity index (χ0) is 12.3. The largest absolute Gasteiger partial charge is 0.378 e. The van der Waals surface area contributed by atoms with Gasteiger partial charge in [0.25, 0.3) is 0 Å². The maximum atomic E-state index is 10.3. The summed E-state index contributed by atoms with van der Waals surface area (Å²) in [5.74, 6) is 6.23. The molecule has 0 unspecified atom stereocenters. The van der Waals surface area contributed by atoms with Gasteiger partial charge in [0.2, 0.25) is 0 Å². The third kappa shape index (κ3) is 3.11. The van der Waals surface area contributed by atoms with E-state index in [0.29, 0.717) is 0 Å². The molecule has 0 aliphatic heterocycles. The Morgan fingerprint density at radius 2 is 1.82 bits per heavy atom. The van der Waals surface area contributed by atoms with Crippen molar-refractivity contribution in [1.82, 2.24) is 0 Å². The summed E-state index contributed by atoms with van der Waals surface area (Å²) in [6.45, 7) is 4.15. The molecule has 90 valence electrons. The van der Waals surface area contributed by atoms with Gasteiger partial charge in [-0.15, -0.1) is 0 Å². The molecule has 0 radical (unpaired) electrons. The molecule has 0 heterocycles. The van der Waals surface area contributed by atoms with Gasteiger partial charge in [-0.3, -0.25) is 0 Å². The van der Waals surface area contributed by atoms with E-state index in [4.69, 9.17) is 0 Å². The summed E-state index contributed by atoms with van der Waals surface area (Å²) in [5.41, 5.74) is 2.74. The van der Waals surface area contributed by atoms with Crippen LogP contribution in [0.5, 0.6) is 0 Å². The van der Waals surface area contributed by atoms with Crippen LogP contribution < -0.4 is 0 Å². The van der Waals surface area contributed by atoms with Gasteiger partial charge in [0, 0.05) is 5.56 Å². The van der Waals surface area contributed by atoms with Crippen LogP contribution in [0, 0.1) is 25.7 Å². The Bertz CT molecular complexity index is 456. The van der Waals surface area contributed by atoms with Crippen molar-refractivity contribution in [3.8, 4) is 11.8 Å². The van der Waals surface area contributed by atoms with E-state index in [-0.39, 0.29) is 0 Å². The second-order valence-corrected chi connectivity index (χ2v) is 5.16. The molecule has 0 bridgehead atoms. The van der Waals surface area contributed by atoms with Gasteiger partial charge in [-0.2, -0.15) is 0 Å². The number of aliphatic hydroxyl groups is 1. The lowest BCUT2D eigenvalue weighted by Gasteiger charge is -2.26. The molecule has 1 fully saturated rings. The first-order valence-electron chi connectivity index (χ1n) is 6.42. The van der Waals surface area contributed by atoms with Crippen molar-refractivity contribution in [3.05, 3.63) is 34.9 Å². The lowest BCUT2D eigenvalue weighted by molar-refractivity contribution is 0.0610. The van der Waals surface area contributed by atoms with Gasteiger partial charge in [-0.05, 0) is 51.2 Å². The van der Waals surface area contributed by atoms with Crippen LogP contribution in [-0.2, 0) is 0 Å². The molecular weight excluding hydrogens is 208 g/mol. The van der Waals surface area contributed by atoms with Crippen molar-refractivity contribution in [2.24, 2.45) is 0 Å². The number of hydrogen-bond acceptors (Lipinski definition) is 1. The summed E-state index contributed by atoms with van der Waals surface area (Å²) < 4.78 is 0. The zero-order valence-electron chi connectivity index (χ0n) is 10.7.